The summed E-state index contributed by atoms with van der Waals surface area (Å²) in [6.45, 7) is 1.90. The Morgan fingerprint density at radius 3 is 2.73 bits per heavy atom. The summed E-state index contributed by atoms with van der Waals surface area (Å²) in [6.07, 6.45) is 1.52. The Labute approximate surface area is 72.1 Å². The minimum atomic E-state index is -0.870. The first-order chi connectivity index (χ1) is 5.11. The minimum Gasteiger partial charge on any atom is -0.328 e. The first-order valence-electron chi connectivity index (χ1n) is 4.15. The van der Waals surface area contributed by atoms with E-state index in [1.807, 2.05) is 6.92 Å². The fraction of sp³-hybridized carbons (Fsp3) is 1.00. The summed E-state index contributed by atoms with van der Waals surface area (Å²) in [7, 11) is 0. The van der Waals surface area contributed by atoms with E-state index in [9.17, 15) is 4.39 Å². The molecule has 0 saturated heterocycles. The number of nitrogens with two attached hydrogens (primary N) is 1. The van der Waals surface area contributed by atoms with E-state index in [1.165, 1.54) is 0 Å². The molecule has 3 heteroatoms. The van der Waals surface area contributed by atoms with E-state index in [4.69, 9.17) is 17.3 Å². The van der Waals surface area contributed by atoms with Gasteiger partial charge in [0.1, 0.15) is 6.17 Å². The summed E-state index contributed by atoms with van der Waals surface area (Å²) >= 11 is 5.81. The monoisotopic (exact) mass is 179 g/mol. The number of hydrogen-bond donors (Lipinski definition) is 1. The number of hydrogen-bond acceptors (Lipinski definition) is 1. The predicted molar refractivity (Wildman–Crippen MR) is 45.5 cm³/mol. The standard InChI is InChI=1S/C8H15ClFN/c1-5-2-3-6(11)4-7(9)8(5)10/h5-8H,2-4,11H2,1H3. The van der Waals surface area contributed by atoms with E-state index >= 15 is 0 Å². The molecule has 0 amide bonds. The lowest BCUT2D eigenvalue weighted by molar-refractivity contribution is 0.233. The maximum absolute atomic E-state index is 13.2. The van der Waals surface area contributed by atoms with Crippen LogP contribution in [0.25, 0.3) is 0 Å². The Morgan fingerprint density at radius 2 is 2.09 bits per heavy atom. The van der Waals surface area contributed by atoms with E-state index in [-0.39, 0.29) is 17.3 Å². The first-order valence-corrected chi connectivity index (χ1v) is 4.58. The van der Waals surface area contributed by atoms with Gasteiger partial charge in [-0.3, -0.25) is 0 Å². The van der Waals surface area contributed by atoms with E-state index in [0.717, 1.165) is 12.8 Å². The maximum atomic E-state index is 13.2. The summed E-state index contributed by atoms with van der Waals surface area (Å²) in [4.78, 5) is 0. The van der Waals surface area contributed by atoms with Gasteiger partial charge in [-0.05, 0) is 25.2 Å². The summed E-state index contributed by atoms with van der Waals surface area (Å²) in [5.41, 5.74) is 5.70. The minimum absolute atomic E-state index is 0.0750. The van der Waals surface area contributed by atoms with E-state index in [2.05, 4.69) is 0 Å². The molecule has 0 spiro atoms. The van der Waals surface area contributed by atoms with Crippen molar-refractivity contribution >= 4 is 11.6 Å². The quantitative estimate of drug-likeness (QED) is 0.447. The Hall–Kier alpha value is 0.180. The van der Waals surface area contributed by atoms with Crippen LogP contribution in [0.3, 0.4) is 0 Å². The highest BCUT2D eigenvalue weighted by Crippen LogP contribution is 2.28. The van der Waals surface area contributed by atoms with Gasteiger partial charge in [0.15, 0.2) is 0 Å². The van der Waals surface area contributed by atoms with Crippen molar-refractivity contribution in [2.24, 2.45) is 11.7 Å². The smallest absolute Gasteiger partial charge is 0.119 e. The molecule has 0 heterocycles. The Kier molecular flexibility index (Phi) is 3.14. The van der Waals surface area contributed by atoms with Gasteiger partial charge in [0.2, 0.25) is 0 Å². The second-order valence-electron chi connectivity index (χ2n) is 3.51. The van der Waals surface area contributed by atoms with Gasteiger partial charge in [-0.1, -0.05) is 6.92 Å². The van der Waals surface area contributed by atoms with Crippen LogP contribution in [-0.2, 0) is 0 Å². The van der Waals surface area contributed by atoms with Gasteiger partial charge >= 0.3 is 0 Å². The summed E-state index contributed by atoms with van der Waals surface area (Å²) in [5.74, 6) is 0.0750. The van der Waals surface area contributed by atoms with Crippen LogP contribution in [0.5, 0.6) is 0 Å². The van der Waals surface area contributed by atoms with Crippen LogP contribution in [-0.4, -0.2) is 17.6 Å². The molecule has 2 N–H and O–H groups in total. The molecule has 0 aromatic carbocycles. The van der Waals surface area contributed by atoms with Crippen molar-refractivity contribution in [2.45, 2.75) is 43.8 Å². The number of alkyl halides is 2. The Bertz CT molecular complexity index is 131. The molecule has 4 unspecified atom stereocenters. The molecular formula is C8H15ClFN. The van der Waals surface area contributed by atoms with Gasteiger partial charge in [-0.2, -0.15) is 0 Å². The molecule has 1 fully saturated rings. The molecule has 0 aromatic heterocycles. The highest BCUT2D eigenvalue weighted by Gasteiger charge is 2.29. The fourth-order valence-corrected chi connectivity index (χ4v) is 2.01. The molecule has 0 aromatic rings. The molecular weight excluding hydrogens is 165 g/mol. The molecule has 66 valence electrons. The summed E-state index contributed by atoms with van der Waals surface area (Å²) < 4.78 is 13.2. The van der Waals surface area contributed by atoms with E-state index < -0.39 is 6.17 Å². The molecule has 1 aliphatic carbocycles. The lowest BCUT2D eigenvalue weighted by Crippen LogP contribution is -2.26. The topological polar surface area (TPSA) is 26.0 Å². The van der Waals surface area contributed by atoms with E-state index in [0.29, 0.717) is 6.42 Å². The molecule has 1 saturated carbocycles. The predicted octanol–water partition coefficient (Wildman–Crippen LogP) is 2.08. The molecule has 4 atom stereocenters. The first kappa shape index (κ1) is 9.27. The van der Waals surface area contributed by atoms with Crippen LogP contribution in [0.4, 0.5) is 4.39 Å². The van der Waals surface area contributed by atoms with Gasteiger partial charge in [0.25, 0.3) is 0 Å². The van der Waals surface area contributed by atoms with Gasteiger partial charge in [0, 0.05) is 6.04 Å². The molecule has 1 aliphatic rings. The SMILES string of the molecule is CC1CCC(N)CC(Cl)C1F. The fourth-order valence-electron chi connectivity index (χ4n) is 1.53. The summed E-state index contributed by atoms with van der Waals surface area (Å²) in [6, 6.07) is 0.0979. The highest BCUT2D eigenvalue weighted by molar-refractivity contribution is 6.21. The van der Waals surface area contributed by atoms with Gasteiger partial charge in [-0.15, -0.1) is 11.6 Å². The van der Waals surface area contributed by atoms with Crippen LogP contribution in [0.15, 0.2) is 0 Å². The second-order valence-corrected chi connectivity index (χ2v) is 4.07. The largest absolute Gasteiger partial charge is 0.328 e. The summed E-state index contributed by atoms with van der Waals surface area (Å²) in [5, 5.41) is -0.373. The van der Waals surface area contributed by atoms with Gasteiger partial charge in [-0.25, -0.2) is 4.39 Å². The van der Waals surface area contributed by atoms with E-state index in [1.54, 1.807) is 0 Å². The molecule has 1 nitrogen and oxygen atoms in total. The third-order valence-electron chi connectivity index (χ3n) is 2.41. The van der Waals surface area contributed by atoms with Crippen molar-refractivity contribution in [1.29, 1.82) is 0 Å². The van der Waals surface area contributed by atoms with Gasteiger partial charge in [0.05, 0.1) is 5.38 Å². The zero-order valence-corrected chi connectivity index (χ0v) is 7.52. The Balaban J connectivity index is 2.53. The normalized spacial score (nSPS) is 46.9. The van der Waals surface area contributed by atoms with Crippen molar-refractivity contribution in [3.8, 4) is 0 Å². The second kappa shape index (κ2) is 3.72. The van der Waals surface area contributed by atoms with Crippen LogP contribution in [0.1, 0.15) is 26.2 Å². The molecule has 0 bridgehead atoms. The van der Waals surface area contributed by atoms with Crippen molar-refractivity contribution in [1.82, 2.24) is 0 Å². The third-order valence-corrected chi connectivity index (χ3v) is 2.83. The lowest BCUT2D eigenvalue weighted by Gasteiger charge is -2.16. The molecule has 1 rings (SSSR count). The number of halogens is 2. The average Bonchev–Trinajstić information content (AvgIpc) is 2.05. The van der Waals surface area contributed by atoms with Crippen LogP contribution in [0.2, 0.25) is 0 Å². The Morgan fingerprint density at radius 1 is 1.45 bits per heavy atom. The third kappa shape index (κ3) is 2.31. The van der Waals surface area contributed by atoms with Crippen molar-refractivity contribution in [3.63, 3.8) is 0 Å². The zero-order valence-electron chi connectivity index (χ0n) is 6.76. The van der Waals surface area contributed by atoms with Crippen molar-refractivity contribution in [3.05, 3.63) is 0 Å². The van der Waals surface area contributed by atoms with Crippen molar-refractivity contribution in [2.75, 3.05) is 0 Å². The van der Waals surface area contributed by atoms with Crippen LogP contribution >= 0.6 is 11.6 Å². The van der Waals surface area contributed by atoms with Gasteiger partial charge < -0.3 is 5.73 Å². The molecule has 11 heavy (non-hydrogen) atoms. The zero-order chi connectivity index (χ0) is 8.43. The molecule has 0 radical (unpaired) electrons. The lowest BCUT2D eigenvalue weighted by atomic mass is 10.0. The van der Waals surface area contributed by atoms with Crippen LogP contribution < -0.4 is 5.73 Å². The highest BCUT2D eigenvalue weighted by atomic mass is 35.5. The maximum Gasteiger partial charge on any atom is 0.119 e. The number of rotatable bonds is 0. The van der Waals surface area contributed by atoms with Crippen molar-refractivity contribution < 1.29 is 4.39 Å². The molecule has 0 aliphatic heterocycles. The van der Waals surface area contributed by atoms with Crippen LogP contribution in [0, 0.1) is 5.92 Å². The average molecular weight is 180 g/mol.